The Morgan fingerprint density at radius 3 is 2.48 bits per heavy atom. The second-order valence-corrected chi connectivity index (χ2v) is 7.51. The molecule has 0 aliphatic heterocycles. The molecular formula is C20H16FN3O4S. The number of methoxy groups -OCH3 is 2. The smallest absolute Gasteiger partial charge is 0.262 e. The number of hydrogen-bond donors (Lipinski definition) is 1. The molecule has 0 spiro atoms. The minimum Gasteiger partial charge on any atom is -0.493 e. The lowest BCUT2D eigenvalue weighted by Gasteiger charge is -2.14. The van der Waals surface area contributed by atoms with E-state index < -0.39 is 15.8 Å². The van der Waals surface area contributed by atoms with E-state index in [2.05, 4.69) is 9.71 Å². The molecule has 1 aromatic heterocycles. The maximum atomic E-state index is 14.0. The van der Waals surface area contributed by atoms with Crippen LogP contribution >= 0.6 is 0 Å². The van der Waals surface area contributed by atoms with Crippen molar-refractivity contribution in [3.8, 4) is 28.8 Å². The Hall–Kier alpha value is -3.64. The molecule has 1 N–H and O–H groups in total. The highest BCUT2D eigenvalue weighted by molar-refractivity contribution is 7.92. The van der Waals surface area contributed by atoms with Gasteiger partial charge in [0.1, 0.15) is 11.9 Å². The number of hydrogen-bond acceptors (Lipinski definition) is 6. The van der Waals surface area contributed by atoms with Crippen LogP contribution < -0.4 is 14.2 Å². The van der Waals surface area contributed by atoms with E-state index in [1.807, 2.05) is 0 Å². The van der Waals surface area contributed by atoms with Gasteiger partial charge in [0.2, 0.25) is 0 Å². The van der Waals surface area contributed by atoms with Crippen molar-refractivity contribution in [1.29, 1.82) is 5.26 Å². The molecule has 29 heavy (non-hydrogen) atoms. The van der Waals surface area contributed by atoms with E-state index in [9.17, 15) is 12.8 Å². The normalized spacial score (nSPS) is 10.8. The highest BCUT2D eigenvalue weighted by Gasteiger charge is 2.20. The van der Waals surface area contributed by atoms with Gasteiger partial charge in [-0.1, -0.05) is 6.07 Å². The van der Waals surface area contributed by atoms with Crippen LogP contribution in [0.25, 0.3) is 11.3 Å². The van der Waals surface area contributed by atoms with Crippen LogP contribution in [-0.2, 0) is 10.0 Å². The summed E-state index contributed by atoms with van der Waals surface area (Å²) in [5.74, 6) is -0.0677. The third-order valence-corrected chi connectivity index (χ3v) is 5.44. The molecule has 0 amide bonds. The van der Waals surface area contributed by atoms with Crippen LogP contribution in [0.3, 0.4) is 0 Å². The average Bonchev–Trinajstić information content (AvgIpc) is 2.73. The summed E-state index contributed by atoms with van der Waals surface area (Å²) >= 11 is 0. The molecule has 0 bridgehead atoms. The molecule has 0 unspecified atom stereocenters. The van der Waals surface area contributed by atoms with Gasteiger partial charge in [-0.2, -0.15) is 5.26 Å². The zero-order valence-corrected chi connectivity index (χ0v) is 16.3. The largest absolute Gasteiger partial charge is 0.493 e. The van der Waals surface area contributed by atoms with Crippen molar-refractivity contribution in [2.45, 2.75) is 4.90 Å². The Bertz CT molecular complexity index is 1210. The van der Waals surface area contributed by atoms with Crippen LogP contribution in [0.4, 0.5) is 10.1 Å². The first-order valence-electron chi connectivity index (χ1n) is 8.29. The molecule has 3 rings (SSSR count). The number of nitriles is 1. The van der Waals surface area contributed by atoms with E-state index in [4.69, 9.17) is 14.7 Å². The molecular weight excluding hydrogens is 397 g/mol. The van der Waals surface area contributed by atoms with Crippen molar-refractivity contribution in [3.05, 3.63) is 66.1 Å². The average molecular weight is 413 g/mol. The van der Waals surface area contributed by atoms with Gasteiger partial charge in [0.25, 0.3) is 10.0 Å². The molecule has 0 aliphatic rings. The summed E-state index contributed by atoms with van der Waals surface area (Å²) in [7, 11) is -1.15. The van der Waals surface area contributed by atoms with Crippen LogP contribution in [0.2, 0.25) is 0 Å². The summed E-state index contributed by atoms with van der Waals surface area (Å²) in [5, 5.41) is 8.88. The fraction of sp³-hybridized carbons (Fsp3) is 0.100. The Morgan fingerprint density at radius 1 is 1.07 bits per heavy atom. The minimum absolute atomic E-state index is 0.0454. The number of halogens is 1. The number of anilines is 1. The molecule has 2 aromatic carbocycles. The van der Waals surface area contributed by atoms with Gasteiger partial charge in [-0.25, -0.2) is 12.8 Å². The highest BCUT2D eigenvalue weighted by atomic mass is 32.2. The van der Waals surface area contributed by atoms with Crippen LogP contribution in [0.1, 0.15) is 5.56 Å². The number of nitrogens with one attached hydrogen (secondary N) is 1. The molecule has 148 valence electrons. The van der Waals surface area contributed by atoms with Crippen LogP contribution in [0.5, 0.6) is 11.5 Å². The van der Waals surface area contributed by atoms with E-state index in [-0.39, 0.29) is 27.6 Å². The fourth-order valence-electron chi connectivity index (χ4n) is 2.66. The number of rotatable bonds is 6. The maximum absolute atomic E-state index is 14.0. The number of pyridine rings is 1. The number of nitrogens with zero attached hydrogens (tertiary/aromatic N) is 2. The minimum atomic E-state index is -4.00. The van der Waals surface area contributed by atoms with Crippen molar-refractivity contribution in [1.82, 2.24) is 4.98 Å². The van der Waals surface area contributed by atoms with Gasteiger partial charge in [0, 0.05) is 17.8 Å². The molecule has 0 aliphatic carbocycles. The van der Waals surface area contributed by atoms with Crippen molar-refractivity contribution in [2.24, 2.45) is 0 Å². The predicted octanol–water partition coefficient (Wildman–Crippen LogP) is 3.58. The van der Waals surface area contributed by atoms with Gasteiger partial charge in [0.05, 0.1) is 36.1 Å². The molecule has 9 heteroatoms. The summed E-state index contributed by atoms with van der Waals surface area (Å²) in [4.78, 5) is 4.12. The number of aromatic nitrogens is 1. The van der Waals surface area contributed by atoms with Crippen molar-refractivity contribution < 1.29 is 22.3 Å². The Balaban J connectivity index is 2.01. The van der Waals surface area contributed by atoms with Gasteiger partial charge in [0.15, 0.2) is 11.5 Å². The highest BCUT2D eigenvalue weighted by Crippen LogP contribution is 2.32. The second-order valence-electron chi connectivity index (χ2n) is 5.83. The number of benzene rings is 2. The summed E-state index contributed by atoms with van der Waals surface area (Å²) in [6, 6.07) is 12.9. The van der Waals surface area contributed by atoms with E-state index in [0.29, 0.717) is 11.3 Å². The van der Waals surface area contributed by atoms with Gasteiger partial charge in [-0.15, -0.1) is 0 Å². The molecule has 0 radical (unpaired) electrons. The van der Waals surface area contributed by atoms with Gasteiger partial charge in [-0.3, -0.25) is 9.71 Å². The topological polar surface area (TPSA) is 101 Å². The molecule has 0 fully saturated rings. The van der Waals surface area contributed by atoms with Crippen molar-refractivity contribution in [2.75, 3.05) is 18.9 Å². The fourth-order valence-corrected chi connectivity index (χ4v) is 3.74. The van der Waals surface area contributed by atoms with Crippen LogP contribution in [-0.4, -0.2) is 27.6 Å². The van der Waals surface area contributed by atoms with Crippen molar-refractivity contribution >= 4 is 15.7 Å². The van der Waals surface area contributed by atoms with Gasteiger partial charge >= 0.3 is 0 Å². The quantitative estimate of drug-likeness (QED) is 0.663. The molecule has 0 saturated heterocycles. The van der Waals surface area contributed by atoms with Gasteiger partial charge in [-0.05, 0) is 36.4 Å². The third kappa shape index (κ3) is 4.12. The molecule has 0 saturated carbocycles. The summed E-state index contributed by atoms with van der Waals surface area (Å²) in [5.41, 5.74) is 0.593. The monoisotopic (exact) mass is 413 g/mol. The Morgan fingerprint density at radius 2 is 1.83 bits per heavy atom. The summed E-state index contributed by atoms with van der Waals surface area (Å²) < 4.78 is 52.5. The lowest BCUT2D eigenvalue weighted by Crippen LogP contribution is -2.14. The molecule has 1 heterocycles. The van der Waals surface area contributed by atoms with Crippen LogP contribution in [0.15, 0.2) is 59.6 Å². The standard InChI is InChI=1S/C20H16FN3O4S/c1-27-18-8-7-15(11-19(18)28-2)29(25,26)24-17-4-3-9-23-20(17)13-5-6-14(12-22)16(21)10-13/h3-11,24H,1-2H3. The summed E-state index contributed by atoms with van der Waals surface area (Å²) in [6.07, 6.45) is 1.46. The lowest BCUT2D eigenvalue weighted by atomic mass is 10.1. The first kappa shape index (κ1) is 20.1. The van der Waals surface area contributed by atoms with Gasteiger partial charge < -0.3 is 9.47 Å². The molecule has 7 nitrogen and oxygen atoms in total. The first-order valence-corrected chi connectivity index (χ1v) is 9.78. The molecule has 0 atom stereocenters. The zero-order valence-electron chi connectivity index (χ0n) is 15.5. The van der Waals surface area contributed by atoms with E-state index >= 15 is 0 Å². The predicted molar refractivity (Wildman–Crippen MR) is 105 cm³/mol. The Kier molecular flexibility index (Phi) is 5.66. The SMILES string of the molecule is COc1ccc(S(=O)(=O)Nc2cccnc2-c2ccc(C#N)c(F)c2)cc1OC. The summed E-state index contributed by atoms with van der Waals surface area (Å²) in [6.45, 7) is 0. The zero-order chi connectivity index (χ0) is 21.0. The van der Waals surface area contributed by atoms with E-state index in [1.165, 1.54) is 56.8 Å². The first-order chi connectivity index (χ1) is 13.9. The van der Waals surface area contributed by atoms with Crippen molar-refractivity contribution in [3.63, 3.8) is 0 Å². The number of ether oxygens (including phenoxy) is 2. The third-order valence-electron chi connectivity index (χ3n) is 4.08. The Labute approximate surface area is 167 Å². The second kappa shape index (κ2) is 8.16. The van der Waals surface area contributed by atoms with E-state index in [1.54, 1.807) is 12.1 Å². The van der Waals surface area contributed by atoms with E-state index in [0.717, 1.165) is 6.07 Å². The number of sulfonamides is 1. The van der Waals surface area contributed by atoms with Crippen LogP contribution in [0, 0.1) is 17.1 Å². The lowest BCUT2D eigenvalue weighted by molar-refractivity contribution is 0.354. The molecule has 3 aromatic rings. The maximum Gasteiger partial charge on any atom is 0.262 e.